The number of benzene rings is 1. The average Bonchev–Trinajstić information content (AvgIpc) is 2.03. The molecule has 12 heavy (non-hydrogen) atoms. The van der Waals surface area contributed by atoms with Gasteiger partial charge in [-0.05, 0) is 24.1 Å². The van der Waals surface area contributed by atoms with Crippen molar-refractivity contribution < 1.29 is 5.11 Å². The van der Waals surface area contributed by atoms with E-state index in [2.05, 4.69) is 0 Å². The molecule has 0 aliphatic carbocycles. The molecule has 3 nitrogen and oxygen atoms in total. The Bertz CT molecular complexity index is 273. The Labute approximate surface area is 72.0 Å². The van der Waals surface area contributed by atoms with E-state index in [0.717, 1.165) is 11.1 Å². The Balaban J connectivity index is 3.01. The van der Waals surface area contributed by atoms with Crippen LogP contribution in [-0.4, -0.2) is 11.7 Å². The van der Waals surface area contributed by atoms with Crippen molar-refractivity contribution in [3.63, 3.8) is 0 Å². The first-order chi connectivity index (χ1) is 5.65. The summed E-state index contributed by atoms with van der Waals surface area (Å²) in [6.45, 7) is 1.89. The fourth-order valence-electron chi connectivity index (χ4n) is 1.13. The number of nitrogens with two attached hydrogens (primary N) is 2. The second-order valence-corrected chi connectivity index (χ2v) is 2.92. The van der Waals surface area contributed by atoms with Crippen LogP contribution in [0.2, 0.25) is 0 Å². The molecule has 0 aromatic heterocycles. The number of hydrogen-bond donors (Lipinski definition) is 3. The van der Waals surface area contributed by atoms with E-state index in [1.807, 2.05) is 25.1 Å². The van der Waals surface area contributed by atoms with Gasteiger partial charge in [0.05, 0.1) is 12.6 Å². The molecule has 1 rings (SSSR count). The van der Waals surface area contributed by atoms with Crippen molar-refractivity contribution in [2.75, 3.05) is 12.3 Å². The fourth-order valence-corrected chi connectivity index (χ4v) is 1.13. The van der Waals surface area contributed by atoms with Gasteiger partial charge >= 0.3 is 0 Å². The molecule has 0 bridgehead atoms. The van der Waals surface area contributed by atoms with E-state index in [1.165, 1.54) is 0 Å². The molecule has 0 spiro atoms. The highest BCUT2D eigenvalue weighted by atomic mass is 16.3. The zero-order chi connectivity index (χ0) is 9.14. The van der Waals surface area contributed by atoms with Crippen molar-refractivity contribution in [1.82, 2.24) is 0 Å². The molecular weight excluding hydrogens is 152 g/mol. The SMILES string of the molecule is Cc1ccc(C(N)CO)c(N)c1. The van der Waals surface area contributed by atoms with E-state index in [4.69, 9.17) is 16.6 Å². The second-order valence-electron chi connectivity index (χ2n) is 2.92. The third-order valence-corrected chi connectivity index (χ3v) is 1.84. The third kappa shape index (κ3) is 1.75. The highest BCUT2D eigenvalue weighted by Crippen LogP contribution is 2.19. The summed E-state index contributed by atoms with van der Waals surface area (Å²) in [4.78, 5) is 0. The lowest BCUT2D eigenvalue weighted by Crippen LogP contribution is -2.16. The summed E-state index contributed by atoms with van der Waals surface area (Å²) in [5, 5.41) is 8.80. The molecule has 0 fully saturated rings. The van der Waals surface area contributed by atoms with Crippen LogP contribution in [0.1, 0.15) is 17.2 Å². The van der Waals surface area contributed by atoms with Crippen LogP contribution in [0.5, 0.6) is 0 Å². The maximum absolute atomic E-state index is 8.80. The summed E-state index contributed by atoms with van der Waals surface area (Å²) in [6.07, 6.45) is 0. The molecule has 1 aromatic carbocycles. The monoisotopic (exact) mass is 166 g/mol. The first-order valence-electron chi connectivity index (χ1n) is 3.87. The van der Waals surface area contributed by atoms with Gasteiger partial charge in [-0.2, -0.15) is 0 Å². The maximum Gasteiger partial charge on any atom is 0.0625 e. The number of rotatable bonds is 2. The topological polar surface area (TPSA) is 72.3 Å². The van der Waals surface area contributed by atoms with Gasteiger partial charge in [-0.25, -0.2) is 0 Å². The molecule has 5 N–H and O–H groups in total. The zero-order valence-corrected chi connectivity index (χ0v) is 7.12. The van der Waals surface area contributed by atoms with Crippen molar-refractivity contribution in [1.29, 1.82) is 0 Å². The predicted molar refractivity (Wildman–Crippen MR) is 49.6 cm³/mol. The van der Waals surface area contributed by atoms with E-state index in [-0.39, 0.29) is 12.6 Å². The zero-order valence-electron chi connectivity index (χ0n) is 7.12. The number of anilines is 1. The summed E-state index contributed by atoms with van der Waals surface area (Å²) in [5.74, 6) is 0. The van der Waals surface area contributed by atoms with E-state index < -0.39 is 0 Å². The molecular formula is C9H14N2O. The molecule has 0 heterocycles. The van der Waals surface area contributed by atoms with Crippen LogP contribution in [0.25, 0.3) is 0 Å². The van der Waals surface area contributed by atoms with Crippen molar-refractivity contribution >= 4 is 5.69 Å². The molecule has 3 heteroatoms. The smallest absolute Gasteiger partial charge is 0.0625 e. The van der Waals surface area contributed by atoms with Crippen LogP contribution in [-0.2, 0) is 0 Å². The molecule has 0 radical (unpaired) electrons. The lowest BCUT2D eigenvalue weighted by molar-refractivity contribution is 0.268. The number of aryl methyl sites for hydroxylation is 1. The van der Waals surface area contributed by atoms with Crippen molar-refractivity contribution in [3.05, 3.63) is 29.3 Å². The Morgan fingerprint density at radius 1 is 1.50 bits per heavy atom. The Morgan fingerprint density at radius 2 is 2.17 bits per heavy atom. The number of aliphatic hydroxyl groups is 1. The van der Waals surface area contributed by atoms with Crippen LogP contribution in [0.4, 0.5) is 5.69 Å². The number of hydrogen-bond acceptors (Lipinski definition) is 3. The minimum absolute atomic E-state index is 0.0761. The summed E-state index contributed by atoms with van der Waals surface area (Å²) >= 11 is 0. The minimum Gasteiger partial charge on any atom is -0.398 e. The standard InChI is InChI=1S/C9H14N2O/c1-6-2-3-7(8(10)4-6)9(11)5-12/h2-4,9,12H,5,10-11H2,1H3. The molecule has 0 saturated carbocycles. The third-order valence-electron chi connectivity index (χ3n) is 1.84. The first kappa shape index (κ1) is 9.03. The number of aliphatic hydroxyl groups excluding tert-OH is 1. The van der Waals surface area contributed by atoms with E-state index in [9.17, 15) is 0 Å². The molecule has 1 unspecified atom stereocenters. The van der Waals surface area contributed by atoms with Gasteiger partial charge in [-0.3, -0.25) is 0 Å². The summed E-state index contributed by atoms with van der Waals surface area (Å²) < 4.78 is 0. The lowest BCUT2D eigenvalue weighted by atomic mass is 10.0. The van der Waals surface area contributed by atoms with Crippen molar-refractivity contribution in [2.24, 2.45) is 5.73 Å². The summed E-state index contributed by atoms with van der Waals surface area (Å²) in [6, 6.07) is 5.27. The predicted octanol–water partition coefficient (Wildman–Crippen LogP) is 0.569. The average molecular weight is 166 g/mol. The van der Waals surface area contributed by atoms with Gasteiger partial charge in [0.2, 0.25) is 0 Å². The Morgan fingerprint density at radius 3 is 2.67 bits per heavy atom. The van der Waals surface area contributed by atoms with Crippen LogP contribution < -0.4 is 11.5 Å². The Hall–Kier alpha value is -1.06. The largest absolute Gasteiger partial charge is 0.398 e. The van der Waals surface area contributed by atoms with E-state index in [1.54, 1.807) is 0 Å². The lowest BCUT2D eigenvalue weighted by Gasteiger charge is -2.11. The van der Waals surface area contributed by atoms with Gasteiger partial charge in [0.25, 0.3) is 0 Å². The highest BCUT2D eigenvalue weighted by molar-refractivity contribution is 5.50. The molecule has 66 valence electrons. The molecule has 1 atom stereocenters. The molecule has 0 saturated heterocycles. The maximum atomic E-state index is 8.80. The molecule has 1 aromatic rings. The quantitative estimate of drug-likeness (QED) is 0.562. The van der Waals surface area contributed by atoms with Crippen molar-refractivity contribution in [2.45, 2.75) is 13.0 Å². The van der Waals surface area contributed by atoms with Gasteiger partial charge in [0.1, 0.15) is 0 Å². The van der Waals surface area contributed by atoms with E-state index >= 15 is 0 Å². The molecule has 0 aliphatic heterocycles. The van der Waals surface area contributed by atoms with Gasteiger partial charge in [-0.15, -0.1) is 0 Å². The van der Waals surface area contributed by atoms with Gasteiger partial charge in [0, 0.05) is 5.69 Å². The van der Waals surface area contributed by atoms with Gasteiger partial charge in [0.15, 0.2) is 0 Å². The minimum atomic E-state index is -0.370. The van der Waals surface area contributed by atoms with Gasteiger partial charge < -0.3 is 16.6 Å². The fraction of sp³-hybridized carbons (Fsp3) is 0.333. The van der Waals surface area contributed by atoms with E-state index in [0.29, 0.717) is 5.69 Å². The van der Waals surface area contributed by atoms with Gasteiger partial charge in [-0.1, -0.05) is 12.1 Å². The molecule has 0 amide bonds. The molecule has 0 aliphatic rings. The summed E-state index contributed by atoms with van der Waals surface area (Å²) in [5.41, 5.74) is 13.9. The van der Waals surface area contributed by atoms with Crippen LogP contribution in [0, 0.1) is 6.92 Å². The first-order valence-corrected chi connectivity index (χ1v) is 3.87. The van der Waals surface area contributed by atoms with Crippen molar-refractivity contribution in [3.8, 4) is 0 Å². The summed E-state index contributed by atoms with van der Waals surface area (Å²) in [7, 11) is 0. The second kappa shape index (κ2) is 3.56. The van der Waals surface area contributed by atoms with Crippen LogP contribution in [0.15, 0.2) is 18.2 Å². The normalized spacial score (nSPS) is 12.9. The Kier molecular flexibility index (Phi) is 2.68. The number of nitrogen functional groups attached to an aromatic ring is 1. The highest BCUT2D eigenvalue weighted by Gasteiger charge is 2.07. The van der Waals surface area contributed by atoms with Crippen LogP contribution in [0.3, 0.4) is 0 Å². The van der Waals surface area contributed by atoms with Crippen LogP contribution >= 0.6 is 0 Å².